The van der Waals surface area contributed by atoms with E-state index >= 15 is 0 Å². The summed E-state index contributed by atoms with van der Waals surface area (Å²) in [5.74, 6) is -3.10. The molecule has 2 saturated heterocycles. The van der Waals surface area contributed by atoms with Gasteiger partial charge in [0.25, 0.3) is 5.91 Å². The zero-order valence-corrected chi connectivity index (χ0v) is 24.0. The predicted octanol–water partition coefficient (Wildman–Crippen LogP) is 0.645. The second-order valence-corrected chi connectivity index (χ2v) is 10.7. The first-order valence-electron chi connectivity index (χ1n) is 14.4. The molecule has 0 spiro atoms. The van der Waals surface area contributed by atoms with Crippen molar-refractivity contribution in [3.63, 3.8) is 0 Å². The molecule has 42 heavy (non-hydrogen) atoms. The summed E-state index contributed by atoms with van der Waals surface area (Å²) in [6.45, 7) is 2.76. The number of nitrogens with zero attached hydrogens (tertiary/aromatic N) is 1. The number of likely N-dealkylation sites (tertiary alicyclic amines) is 1. The summed E-state index contributed by atoms with van der Waals surface area (Å²) < 4.78 is 4.62. The number of carboxylic acids is 1. The molecule has 0 unspecified atom stereocenters. The Bertz CT molecular complexity index is 1120. The van der Waals surface area contributed by atoms with Crippen molar-refractivity contribution in [1.29, 1.82) is 0 Å². The highest BCUT2D eigenvalue weighted by Crippen LogP contribution is 2.21. The number of amides is 4. The average Bonchev–Trinajstić information content (AvgIpc) is 2.99. The third-order valence-corrected chi connectivity index (χ3v) is 7.61. The molecule has 4 amide bonds. The topological polar surface area (TPSA) is 183 Å². The maximum absolute atomic E-state index is 13.0. The van der Waals surface area contributed by atoms with Crippen molar-refractivity contribution >= 4 is 35.6 Å². The molecule has 2 aliphatic heterocycles. The molecule has 3 rings (SSSR count). The Labute approximate surface area is 245 Å². The minimum Gasteiger partial charge on any atom is -0.481 e. The molecule has 13 heteroatoms. The molecule has 1 aromatic carbocycles. The molecule has 13 nitrogen and oxygen atoms in total. The van der Waals surface area contributed by atoms with Crippen LogP contribution < -0.4 is 21.3 Å². The molecule has 2 fully saturated rings. The molecular formula is C29H41N5O8. The molecule has 5 N–H and O–H groups in total. The molecule has 2 atom stereocenters. The zero-order chi connectivity index (χ0) is 30.5. The first kappa shape index (κ1) is 32.5. The van der Waals surface area contributed by atoms with Gasteiger partial charge in [-0.3, -0.25) is 24.0 Å². The zero-order valence-electron chi connectivity index (χ0n) is 24.0. The van der Waals surface area contributed by atoms with E-state index in [2.05, 4.69) is 26.0 Å². The predicted molar refractivity (Wildman–Crippen MR) is 151 cm³/mol. The highest BCUT2D eigenvalue weighted by atomic mass is 16.5. The number of hydrogen-bond donors (Lipinski definition) is 5. The van der Waals surface area contributed by atoms with Crippen LogP contribution in [0.2, 0.25) is 0 Å². The van der Waals surface area contributed by atoms with Gasteiger partial charge in [-0.25, -0.2) is 4.79 Å². The van der Waals surface area contributed by atoms with Crippen LogP contribution in [0.1, 0.15) is 72.1 Å². The van der Waals surface area contributed by atoms with Crippen LogP contribution in [0.3, 0.4) is 0 Å². The lowest BCUT2D eigenvalue weighted by Gasteiger charge is -2.33. The van der Waals surface area contributed by atoms with Gasteiger partial charge in [-0.05, 0) is 75.4 Å². The SMILES string of the molecule is COC(=O)c1ccc(C(=O)NCCC(=O)N[C@H](CC(=O)O)NC(=O)[C@@H]2CCCN(C(=O)CCC3CCNCC3)C2)cc1. The van der Waals surface area contributed by atoms with Gasteiger partial charge in [-0.2, -0.15) is 0 Å². The second kappa shape index (κ2) is 16.4. The Morgan fingerprint density at radius 2 is 1.69 bits per heavy atom. The Kier molecular flexibility index (Phi) is 12.7. The fraction of sp³-hybridized carbons (Fsp3) is 0.586. The molecule has 0 bridgehead atoms. The maximum atomic E-state index is 13.0. The average molecular weight is 588 g/mol. The van der Waals surface area contributed by atoms with Crippen LogP contribution in [0.4, 0.5) is 0 Å². The highest BCUT2D eigenvalue weighted by molar-refractivity contribution is 5.96. The fourth-order valence-corrected chi connectivity index (χ4v) is 5.21. The first-order valence-corrected chi connectivity index (χ1v) is 14.4. The summed E-state index contributed by atoms with van der Waals surface area (Å²) in [4.78, 5) is 75.3. The molecule has 0 aromatic heterocycles. The van der Waals surface area contributed by atoms with E-state index < -0.39 is 48.2 Å². The Hall–Kier alpha value is -4.00. The third kappa shape index (κ3) is 10.4. The number of carbonyl (C=O) groups excluding carboxylic acids is 5. The number of ether oxygens (including phenoxy) is 1. The molecule has 0 radical (unpaired) electrons. The Balaban J connectivity index is 1.44. The van der Waals surface area contributed by atoms with Gasteiger partial charge in [0.1, 0.15) is 6.17 Å². The van der Waals surface area contributed by atoms with Crippen molar-refractivity contribution < 1.29 is 38.6 Å². The van der Waals surface area contributed by atoms with E-state index in [1.807, 2.05) is 0 Å². The van der Waals surface area contributed by atoms with E-state index in [1.54, 1.807) is 4.90 Å². The summed E-state index contributed by atoms with van der Waals surface area (Å²) in [5.41, 5.74) is 0.575. The maximum Gasteiger partial charge on any atom is 0.337 e. The summed E-state index contributed by atoms with van der Waals surface area (Å²) >= 11 is 0. The molecule has 2 aliphatic rings. The van der Waals surface area contributed by atoms with Crippen LogP contribution >= 0.6 is 0 Å². The smallest absolute Gasteiger partial charge is 0.337 e. The van der Waals surface area contributed by atoms with E-state index in [0.29, 0.717) is 37.3 Å². The minimum atomic E-state index is -1.21. The highest BCUT2D eigenvalue weighted by Gasteiger charge is 2.30. The van der Waals surface area contributed by atoms with E-state index in [9.17, 15) is 33.9 Å². The third-order valence-electron chi connectivity index (χ3n) is 7.61. The van der Waals surface area contributed by atoms with Gasteiger partial charge in [-0.1, -0.05) is 0 Å². The number of carbonyl (C=O) groups is 6. The van der Waals surface area contributed by atoms with Gasteiger partial charge in [0.05, 0.1) is 25.0 Å². The number of rotatable bonds is 13. The summed E-state index contributed by atoms with van der Waals surface area (Å²) in [6.07, 6.45) is 2.82. The minimum absolute atomic E-state index is 0.0304. The number of esters is 1. The number of methoxy groups -OCH3 is 1. The van der Waals surface area contributed by atoms with Gasteiger partial charge in [0.15, 0.2) is 0 Å². The lowest BCUT2D eigenvalue weighted by atomic mass is 9.92. The van der Waals surface area contributed by atoms with Gasteiger partial charge in [-0.15, -0.1) is 0 Å². The number of hydrogen-bond acceptors (Lipinski definition) is 8. The lowest BCUT2D eigenvalue weighted by molar-refractivity contribution is -0.138. The van der Waals surface area contributed by atoms with Gasteiger partial charge in [0, 0.05) is 38.0 Å². The fourth-order valence-electron chi connectivity index (χ4n) is 5.21. The van der Waals surface area contributed by atoms with E-state index in [-0.39, 0.29) is 31.0 Å². The summed E-state index contributed by atoms with van der Waals surface area (Å²) in [5, 5.41) is 20.3. The Morgan fingerprint density at radius 1 is 1.00 bits per heavy atom. The molecule has 2 heterocycles. The van der Waals surface area contributed by atoms with Crippen LogP contribution in [0, 0.1) is 11.8 Å². The number of nitrogens with one attached hydrogen (secondary N) is 4. The molecule has 230 valence electrons. The monoisotopic (exact) mass is 587 g/mol. The Morgan fingerprint density at radius 3 is 2.36 bits per heavy atom. The van der Waals surface area contributed by atoms with E-state index in [0.717, 1.165) is 32.4 Å². The quantitative estimate of drug-likeness (QED) is 0.163. The second-order valence-electron chi connectivity index (χ2n) is 10.7. The summed E-state index contributed by atoms with van der Waals surface area (Å²) in [7, 11) is 1.25. The first-order chi connectivity index (χ1) is 20.2. The van der Waals surface area contributed by atoms with Crippen molar-refractivity contribution in [2.24, 2.45) is 11.8 Å². The lowest BCUT2D eigenvalue weighted by Crippen LogP contribution is -2.53. The van der Waals surface area contributed by atoms with Gasteiger partial charge in [0.2, 0.25) is 17.7 Å². The van der Waals surface area contributed by atoms with Gasteiger partial charge >= 0.3 is 11.9 Å². The van der Waals surface area contributed by atoms with Crippen molar-refractivity contribution in [2.75, 3.05) is 39.8 Å². The van der Waals surface area contributed by atoms with Gasteiger partial charge < -0.3 is 36.0 Å². The van der Waals surface area contributed by atoms with Crippen LogP contribution in [0.15, 0.2) is 24.3 Å². The summed E-state index contributed by atoms with van der Waals surface area (Å²) in [6, 6.07) is 5.80. The number of aliphatic carboxylic acids is 1. The molecule has 0 saturated carbocycles. The molecular weight excluding hydrogens is 546 g/mol. The standard InChI is InChI=1S/C29H41N5O8/c1-42-29(41)21-7-5-20(6-8-21)27(39)31-15-12-24(35)32-23(17-26(37)38)33-28(40)22-3-2-16-34(18-22)25(36)9-4-19-10-13-30-14-11-19/h5-8,19,22-23,30H,2-4,9-18H2,1H3,(H,31,39)(H,32,35)(H,33,40)(H,37,38)/t22-,23+/m1/s1. The van der Waals surface area contributed by atoms with Crippen molar-refractivity contribution in [3.05, 3.63) is 35.4 Å². The number of benzene rings is 1. The number of carboxylic acid groups (broad SMARTS) is 1. The normalized spacial score (nSPS) is 17.9. The van der Waals surface area contributed by atoms with E-state index in [4.69, 9.17) is 0 Å². The van der Waals surface area contributed by atoms with Crippen LogP contribution in [-0.2, 0) is 23.9 Å². The van der Waals surface area contributed by atoms with Crippen LogP contribution in [0.5, 0.6) is 0 Å². The van der Waals surface area contributed by atoms with Crippen LogP contribution in [0.25, 0.3) is 0 Å². The molecule has 0 aliphatic carbocycles. The number of piperidine rings is 2. The van der Waals surface area contributed by atoms with Crippen molar-refractivity contribution in [3.8, 4) is 0 Å². The van der Waals surface area contributed by atoms with Crippen LogP contribution in [-0.4, -0.2) is 91.6 Å². The largest absolute Gasteiger partial charge is 0.481 e. The van der Waals surface area contributed by atoms with Crippen molar-refractivity contribution in [1.82, 2.24) is 26.2 Å². The molecule has 1 aromatic rings. The van der Waals surface area contributed by atoms with E-state index in [1.165, 1.54) is 31.4 Å². The van der Waals surface area contributed by atoms with Crippen molar-refractivity contribution in [2.45, 2.75) is 57.5 Å².